The van der Waals surface area contributed by atoms with Crippen LogP contribution < -0.4 is 0 Å². The van der Waals surface area contributed by atoms with E-state index < -0.39 is 0 Å². The van der Waals surface area contributed by atoms with Gasteiger partial charge in [-0.3, -0.25) is 4.98 Å². The maximum Gasteiger partial charge on any atom is 0.101 e. The first-order valence-corrected chi connectivity index (χ1v) is 14.3. The number of nitrogens with zero attached hydrogens (tertiary/aromatic N) is 5. The fourth-order valence-electron chi connectivity index (χ4n) is 2.26. The second-order valence-electron chi connectivity index (χ2n) is 7.83. The Kier molecular flexibility index (Phi) is 37.6. The van der Waals surface area contributed by atoms with Gasteiger partial charge in [0.05, 0.1) is 18.5 Å². The summed E-state index contributed by atoms with van der Waals surface area (Å²) < 4.78 is 0. The van der Waals surface area contributed by atoms with Gasteiger partial charge in [-0.15, -0.1) is 0 Å². The van der Waals surface area contributed by atoms with Gasteiger partial charge in [-0.2, -0.15) is 0 Å². The number of rotatable bonds is 11. The van der Waals surface area contributed by atoms with Crippen LogP contribution in [-0.2, 0) is 16.8 Å². The molecule has 9 nitrogen and oxygen atoms in total. The molecule has 4 N–H and O–H groups in total. The predicted octanol–water partition coefficient (Wildman–Crippen LogP) is 7.05. The molecule has 1 aromatic heterocycles. The van der Waals surface area contributed by atoms with Crippen molar-refractivity contribution < 1.29 is 37.6 Å². The van der Waals surface area contributed by atoms with Gasteiger partial charge in [-0.25, -0.2) is 0 Å². The minimum Gasteiger partial charge on any atom is -0.411 e. The van der Waals surface area contributed by atoms with Crippen molar-refractivity contribution >= 4 is 30.8 Å². The number of pyridine rings is 1. The molecule has 36 heavy (non-hydrogen) atoms. The standard InChI is InChI=1S/C12H27P.C5H5N.2C4H8N2O2.Co/c1-4-7-10-13(11-8-5-2)12-9-6-3;1-2-4-6-5-3-1;2*1-3(5-7)4(2)6-8;/h4-12H2,1-3H3;1-5H;2*7-8H,1-2H3;/p+1/b;;2*5-3+,6-4+;. The molecule has 0 bridgehead atoms. The van der Waals surface area contributed by atoms with Crippen molar-refractivity contribution in [3.05, 3.63) is 30.6 Å². The van der Waals surface area contributed by atoms with Crippen molar-refractivity contribution in [1.82, 2.24) is 4.98 Å². The summed E-state index contributed by atoms with van der Waals surface area (Å²) in [4.78, 5) is 3.78. The van der Waals surface area contributed by atoms with Crippen LogP contribution in [0.3, 0.4) is 0 Å². The molecule has 1 heterocycles. The number of oxime groups is 4. The monoisotopic (exact) mass is 573 g/mol. The third kappa shape index (κ3) is 30.0. The van der Waals surface area contributed by atoms with E-state index in [9.17, 15) is 0 Å². The van der Waals surface area contributed by atoms with Gasteiger partial charge in [-0.05, 0) is 59.1 Å². The van der Waals surface area contributed by atoms with Crippen LogP contribution in [-0.4, -0.2) is 67.1 Å². The minimum absolute atomic E-state index is 0. The molecule has 211 valence electrons. The van der Waals surface area contributed by atoms with Crippen LogP contribution in [0.5, 0.6) is 0 Å². The first-order valence-electron chi connectivity index (χ1n) is 12.2. The van der Waals surface area contributed by atoms with E-state index in [2.05, 4.69) is 46.4 Å². The van der Waals surface area contributed by atoms with Crippen LogP contribution in [0, 0.1) is 0 Å². The van der Waals surface area contributed by atoms with Gasteiger partial charge in [0.2, 0.25) is 0 Å². The van der Waals surface area contributed by atoms with Crippen molar-refractivity contribution in [3.8, 4) is 0 Å². The van der Waals surface area contributed by atoms with Crippen LogP contribution in [0.15, 0.2) is 51.2 Å². The number of aromatic nitrogens is 1. The van der Waals surface area contributed by atoms with E-state index in [4.69, 9.17) is 20.8 Å². The van der Waals surface area contributed by atoms with Crippen molar-refractivity contribution in [2.45, 2.75) is 87.0 Å². The van der Waals surface area contributed by atoms with Crippen LogP contribution in [0.4, 0.5) is 0 Å². The van der Waals surface area contributed by atoms with Crippen molar-refractivity contribution in [3.63, 3.8) is 0 Å². The molecule has 1 radical (unpaired) electrons. The Balaban J connectivity index is -0.000000195. The zero-order chi connectivity index (χ0) is 27.3. The maximum atomic E-state index is 8.03. The molecule has 0 amide bonds. The fourth-order valence-corrected chi connectivity index (χ4v) is 5.57. The summed E-state index contributed by atoms with van der Waals surface area (Å²) in [5.41, 5.74) is 1.25. The Morgan fingerprint density at radius 1 is 0.583 bits per heavy atom. The predicted molar refractivity (Wildman–Crippen MR) is 151 cm³/mol. The third-order valence-electron chi connectivity index (χ3n) is 4.87. The molecule has 0 fully saturated rings. The van der Waals surface area contributed by atoms with Crippen LogP contribution in [0.25, 0.3) is 0 Å². The molecule has 0 aromatic carbocycles. The second-order valence-corrected chi connectivity index (χ2v) is 10.8. The summed E-state index contributed by atoms with van der Waals surface area (Å²) in [6, 6.07) is 5.72. The summed E-state index contributed by atoms with van der Waals surface area (Å²) in [6.45, 7) is 13.1. The molecule has 1 aromatic rings. The average Bonchev–Trinajstić information content (AvgIpc) is 2.92. The molecular formula is C25H49CoN5O4P+. The van der Waals surface area contributed by atoms with Crippen LogP contribution in [0.2, 0.25) is 0 Å². The molecule has 0 unspecified atom stereocenters. The van der Waals surface area contributed by atoms with E-state index in [-0.39, 0.29) is 24.7 Å². The molecule has 0 aliphatic carbocycles. The molecule has 0 aliphatic rings. The average molecular weight is 574 g/mol. The van der Waals surface area contributed by atoms with Gasteiger partial charge < -0.3 is 20.8 Å². The summed E-state index contributed by atoms with van der Waals surface area (Å²) in [7, 11) is 0.0675. The molecular weight excluding hydrogens is 524 g/mol. The summed E-state index contributed by atoms with van der Waals surface area (Å²) >= 11 is 0. The molecule has 0 aliphatic heterocycles. The minimum atomic E-state index is 0. The Bertz CT molecular complexity index is 595. The molecule has 0 saturated heterocycles. The summed E-state index contributed by atoms with van der Waals surface area (Å²) in [5, 5.41) is 43.3. The Morgan fingerprint density at radius 2 is 0.861 bits per heavy atom. The van der Waals surface area contributed by atoms with Crippen molar-refractivity contribution in [2.24, 2.45) is 20.6 Å². The molecule has 1 rings (SSSR count). The van der Waals surface area contributed by atoms with Crippen LogP contribution in [0.1, 0.15) is 87.0 Å². The Labute approximate surface area is 229 Å². The van der Waals surface area contributed by atoms with Gasteiger partial charge in [0.25, 0.3) is 0 Å². The Hall–Kier alpha value is -2.03. The first-order chi connectivity index (χ1) is 16.8. The van der Waals surface area contributed by atoms with Gasteiger partial charge in [0, 0.05) is 37.1 Å². The molecule has 0 spiro atoms. The first kappa shape index (κ1) is 41.1. The SMILES string of the molecule is CC(=N\O)/C(C)=N/O.CC(=N\O)/C(C)=N/O.CCCC[PH+](CCCC)CCCC.[Co].c1ccncc1. The van der Waals surface area contributed by atoms with E-state index in [0.29, 0.717) is 22.8 Å². The van der Waals surface area contributed by atoms with Crippen LogP contribution >= 0.6 is 7.92 Å². The van der Waals surface area contributed by atoms with Gasteiger partial charge in [0.1, 0.15) is 22.8 Å². The normalized spacial score (nSPS) is 11.7. The van der Waals surface area contributed by atoms with E-state index in [1.165, 1.54) is 66.2 Å². The van der Waals surface area contributed by atoms with Crippen molar-refractivity contribution in [2.75, 3.05) is 18.5 Å². The van der Waals surface area contributed by atoms with Crippen molar-refractivity contribution in [1.29, 1.82) is 0 Å². The molecule has 0 atom stereocenters. The van der Waals surface area contributed by atoms with Gasteiger partial charge in [0.15, 0.2) is 0 Å². The van der Waals surface area contributed by atoms with E-state index in [0.717, 1.165) is 0 Å². The largest absolute Gasteiger partial charge is 0.411 e. The second kappa shape index (κ2) is 33.0. The number of hydrogen-bond donors (Lipinski definition) is 4. The zero-order valence-corrected chi connectivity index (χ0v) is 25.2. The van der Waals surface area contributed by atoms with E-state index in [1.807, 2.05) is 18.2 Å². The van der Waals surface area contributed by atoms with E-state index in [1.54, 1.807) is 30.9 Å². The fraction of sp³-hybridized carbons (Fsp3) is 0.640. The number of unbranched alkanes of at least 4 members (excludes halogenated alkanes) is 3. The quantitative estimate of drug-likeness (QED) is 0.0970. The Morgan fingerprint density at radius 3 is 1.00 bits per heavy atom. The van der Waals surface area contributed by atoms with Gasteiger partial charge >= 0.3 is 0 Å². The summed E-state index contributed by atoms with van der Waals surface area (Å²) in [6.07, 6.45) is 16.9. The summed E-state index contributed by atoms with van der Waals surface area (Å²) in [5.74, 6) is 0. The smallest absolute Gasteiger partial charge is 0.101 e. The van der Waals surface area contributed by atoms with E-state index >= 15 is 0 Å². The zero-order valence-electron chi connectivity index (χ0n) is 23.1. The molecule has 0 saturated carbocycles. The number of hydrogen-bond acceptors (Lipinski definition) is 9. The topological polar surface area (TPSA) is 143 Å². The molecule has 11 heteroatoms. The third-order valence-corrected chi connectivity index (χ3v) is 8.05. The maximum absolute atomic E-state index is 8.03. The van der Waals surface area contributed by atoms with Gasteiger partial charge in [-0.1, -0.05) is 66.7 Å².